The zero-order chi connectivity index (χ0) is 8.39. The number of hydrogen-bond donors (Lipinski definition) is 0. The lowest BCUT2D eigenvalue weighted by atomic mass is 10.2. The van der Waals surface area contributed by atoms with Gasteiger partial charge >= 0.3 is 0 Å². The Kier molecular flexibility index (Phi) is 1.74. The molecule has 0 spiro atoms. The molecule has 0 saturated carbocycles. The van der Waals surface area contributed by atoms with E-state index < -0.39 is 0 Å². The number of rotatable bonds is 0. The van der Waals surface area contributed by atoms with Crippen molar-refractivity contribution in [3.05, 3.63) is 34.5 Å². The molecule has 1 aliphatic carbocycles. The summed E-state index contributed by atoms with van der Waals surface area (Å²) in [5.74, 6) is 0. The lowest BCUT2D eigenvalue weighted by Crippen LogP contribution is -2.24. The van der Waals surface area contributed by atoms with Crippen molar-refractivity contribution in [3.8, 4) is 0 Å². The molecule has 0 aliphatic heterocycles. The fourth-order valence-electron chi connectivity index (χ4n) is 1.22. The van der Waals surface area contributed by atoms with Crippen LogP contribution < -0.4 is 10.4 Å². The van der Waals surface area contributed by atoms with Gasteiger partial charge in [-0.1, -0.05) is 23.8 Å². The first-order valence-electron chi connectivity index (χ1n) is 4.00. The Hall–Kier alpha value is -1.44. The van der Waals surface area contributed by atoms with E-state index >= 15 is 0 Å². The van der Waals surface area contributed by atoms with Gasteiger partial charge in [0.25, 0.3) is 0 Å². The van der Waals surface area contributed by atoms with Crippen LogP contribution in [0.4, 0.5) is 0 Å². The van der Waals surface area contributed by atoms with Crippen molar-refractivity contribution < 1.29 is 0 Å². The van der Waals surface area contributed by atoms with Gasteiger partial charge in [-0.2, -0.15) is 10.2 Å². The van der Waals surface area contributed by atoms with Crippen LogP contribution in [0.1, 0.15) is 13.3 Å². The predicted molar refractivity (Wildman–Crippen MR) is 48.6 cm³/mol. The standard InChI is InChI=1S/C10H10N2/c1-8-2-4-9-6-11-12-7-10(9)5-3-8/h2,4-7H,3H2,1H3. The van der Waals surface area contributed by atoms with Crippen molar-refractivity contribution in [2.45, 2.75) is 13.3 Å². The van der Waals surface area contributed by atoms with Crippen LogP contribution >= 0.6 is 0 Å². The molecular weight excluding hydrogens is 148 g/mol. The third-order valence-electron chi connectivity index (χ3n) is 1.99. The van der Waals surface area contributed by atoms with Crippen molar-refractivity contribution in [3.63, 3.8) is 0 Å². The van der Waals surface area contributed by atoms with Crippen LogP contribution in [-0.2, 0) is 0 Å². The van der Waals surface area contributed by atoms with E-state index in [9.17, 15) is 0 Å². The van der Waals surface area contributed by atoms with Gasteiger partial charge in [0.1, 0.15) is 0 Å². The first-order valence-corrected chi connectivity index (χ1v) is 4.00. The molecule has 0 aromatic carbocycles. The first kappa shape index (κ1) is 7.22. The highest BCUT2D eigenvalue weighted by molar-refractivity contribution is 5.45. The second kappa shape index (κ2) is 2.89. The SMILES string of the molecule is CC1=CC=c2cnncc2=CC1. The molecule has 12 heavy (non-hydrogen) atoms. The van der Waals surface area contributed by atoms with Gasteiger partial charge < -0.3 is 0 Å². The maximum absolute atomic E-state index is 3.84. The van der Waals surface area contributed by atoms with Crippen molar-refractivity contribution in [1.29, 1.82) is 0 Å². The lowest BCUT2D eigenvalue weighted by Gasteiger charge is -1.87. The molecule has 2 heteroatoms. The van der Waals surface area contributed by atoms with E-state index in [1.165, 1.54) is 10.8 Å². The summed E-state index contributed by atoms with van der Waals surface area (Å²) < 4.78 is 0. The minimum Gasteiger partial charge on any atom is -0.159 e. The Morgan fingerprint density at radius 3 is 2.67 bits per heavy atom. The Bertz CT molecular complexity index is 429. The molecule has 2 nitrogen and oxygen atoms in total. The minimum atomic E-state index is 1.01. The quantitative estimate of drug-likeness (QED) is 0.545. The van der Waals surface area contributed by atoms with E-state index in [-0.39, 0.29) is 0 Å². The van der Waals surface area contributed by atoms with Crippen molar-refractivity contribution >= 4 is 12.2 Å². The van der Waals surface area contributed by atoms with E-state index in [1.807, 2.05) is 0 Å². The molecule has 0 N–H and O–H groups in total. The Morgan fingerprint density at radius 1 is 1.08 bits per heavy atom. The van der Waals surface area contributed by atoms with Crippen LogP contribution in [0.25, 0.3) is 12.2 Å². The molecule has 2 rings (SSSR count). The van der Waals surface area contributed by atoms with E-state index in [0.29, 0.717) is 0 Å². The second-order valence-electron chi connectivity index (χ2n) is 2.99. The van der Waals surface area contributed by atoms with Gasteiger partial charge in [0.2, 0.25) is 0 Å². The highest BCUT2D eigenvalue weighted by Gasteiger charge is 1.91. The molecule has 1 aromatic heterocycles. The summed E-state index contributed by atoms with van der Waals surface area (Å²) in [6, 6.07) is 0. The van der Waals surface area contributed by atoms with Crippen molar-refractivity contribution in [1.82, 2.24) is 10.2 Å². The average molecular weight is 158 g/mol. The number of allylic oxidation sites excluding steroid dienone is 2. The van der Waals surface area contributed by atoms with Crippen LogP contribution in [0.3, 0.4) is 0 Å². The molecule has 0 fully saturated rings. The van der Waals surface area contributed by atoms with Gasteiger partial charge in [-0.05, 0) is 18.6 Å². The fraction of sp³-hybridized carbons (Fsp3) is 0.200. The highest BCUT2D eigenvalue weighted by Crippen LogP contribution is 2.01. The van der Waals surface area contributed by atoms with E-state index in [0.717, 1.165) is 11.6 Å². The van der Waals surface area contributed by atoms with Crippen molar-refractivity contribution in [2.75, 3.05) is 0 Å². The first-order chi connectivity index (χ1) is 5.86. The topological polar surface area (TPSA) is 25.8 Å². The predicted octanol–water partition coefficient (Wildman–Crippen LogP) is 0.388. The normalized spacial score (nSPS) is 14.9. The summed E-state index contributed by atoms with van der Waals surface area (Å²) in [4.78, 5) is 0. The van der Waals surface area contributed by atoms with Gasteiger partial charge in [0, 0.05) is 5.22 Å². The molecule has 0 bridgehead atoms. The number of aromatic nitrogens is 2. The number of nitrogens with zero attached hydrogens (tertiary/aromatic N) is 2. The molecule has 0 saturated heterocycles. The average Bonchev–Trinajstić information content (AvgIpc) is 2.29. The Morgan fingerprint density at radius 2 is 1.83 bits per heavy atom. The molecule has 0 unspecified atom stereocenters. The Labute approximate surface area is 71.0 Å². The van der Waals surface area contributed by atoms with Gasteiger partial charge in [0.05, 0.1) is 12.4 Å². The van der Waals surface area contributed by atoms with Crippen LogP contribution in [0, 0.1) is 0 Å². The van der Waals surface area contributed by atoms with E-state index in [1.54, 1.807) is 12.4 Å². The van der Waals surface area contributed by atoms with Crippen LogP contribution in [0.5, 0.6) is 0 Å². The third kappa shape index (κ3) is 1.28. The lowest BCUT2D eigenvalue weighted by molar-refractivity contribution is 1.01. The monoisotopic (exact) mass is 158 g/mol. The summed E-state index contributed by atoms with van der Waals surface area (Å²) in [5.41, 5.74) is 1.37. The van der Waals surface area contributed by atoms with Crippen molar-refractivity contribution in [2.24, 2.45) is 0 Å². The summed E-state index contributed by atoms with van der Waals surface area (Å²) in [6.07, 6.45) is 11.0. The zero-order valence-electron chi connectivity index (χ0n) is 6.99. The van der Waals surface area contributed by atoms with Crippen LogP contribution in [0.15, 0.2) is 24.0 Å². The Balaban J connectivity index is 2.72. The third-order valence-corrected chi connectivity index (χ3v) is 1.99. The number of fused-ring (bicyclic) bond motifs is 1. The highest BCUT2D eigenvalue weighted by atomic mass is 15.1. The summed E-state index contributed by atoms with van der Waals surface area (Å²) in [5, 5.41) is 10.0. The summed E-state index contributed by atoms with van der Waals surface area (Å²) >= 11 is 0. The second-order valence-corrected chi connectivity index (χ2v) is 2.99. The number of hydrogen-bond acceptors (Lipinski definition) is 2. The molecule has 1 aliphatic rings. The molecular formula is C10H10N2. The van der Waals surface area contributed by atoms with Gasteiger partial charge in [0.15, 0.2) is 0 Å². The fourth-order valence-corrected chi connectivity index (χ4v) is 1.22. The van der Waals surface area contributed by atoms with Gasteiger partial charge in [-0.25, -0.2) is 0 Å². The van der Waals surface area contributed by atoms with E-state index in [2.05, 4.69) is 35.3 Å². The summed E-state index contributed by atoms with van der Waals surface area (Å²) in [6.45, 7) is 2.12. The smallest absolute Gasteiger partial charge is 0.0574 e. The largest absolute Gasteiger partial charge is 0.159 e. The van der Waals surface area contributed by atoms with Crippen LogP contribution in [-0.4, -0.2) is 10.2 Å². The molecule has 0 radical (unpaired) electrons. The van der Waals surface area contributed by atoms with Gasteiger partial charge in [-0.3, -0.25) is 0 Å². The molecule has 1 aromatic rings. The van der Waals surface area contributed by atoms with E-state index in [4.69, 9.17) is 0 Å². The van der Waals surface area contributed by atoms with Crippen LogP contribution in [0.2, 0.25) is 0 Å². The molecule has 60 valence electrons. The van der Waals surface area contributed by atoms with Gasteiger partial charge in [-0.15, -0.1) is 0 Å². The molecule has 0 atom stereocenters. The maximum atomic E-state index is 3.84. The molecule has 1 heterocycles. The summed E-state index contributed by atoms with van der Waals surface area (Å²) in [7, 11) is 0. The molecule has 0 amide bonds. The minimum absolute atomic E-state index is 1.01. The zero-order valence-corrected chi connectivity index (χ0v) is 6.99. The maximum Gasteiger partial charge on any atom is 0.0574 e.